The molecule has 5 rings (SSSR count). The van der Waals surface area contributed by atoms with E-state index in [4.69, 9.17) is 14.2 Å². The van der Waals surface area contributed by atoms with Crippen molar-refractivity contribution in [2.24, 2.45) is 23.2 Å². The van der Waals surface area contributed by atoms with Gasteiger partial charge in [0.1, 0.15) is 17.6 Å². The maximum Gasteiger partial charge on any atom is 0.410 e. The highest BCUT2D eigenvalue weighted by molar-refractivity contribution is 5.76. The number of carbonyl (C=O) groups is 2. The van der Waals surface area contributed by atoms with E-state index in [1.807, 2.05) is 6.92 Å². The molecule has 29 heavy (non-hydrogen) atoms. The molecular formula is C22H35N2O5+. The monoisotopic (exact) mass is 407 g/mol. The molecule has 1 N–H and O–H groups in total. The Bertz CT molecular complexity index is 693. The molecule has 0 aromatic rings. The van der Waals surface area contributed by atoms with Gasteiger partial charge in [0.15, 0.2) is 0 Å². The lowest BCUT2D eigenvalue weighted by atomic mass is 9.53. The first-order valence-electron chi connectivity index (χ1n) is 11.5. The summed E-state index contributed by atoms with van der Waals surface area (Å²) in [5.74, 6) is 0.656. The zero-order chi connectivity index (χ0) is 20.4. The number of epoxide rings is 1. The molecule has 5 fully saturated rings. The summed E-state index contributed by atoms with van der Waals surface area (Å²) in [6.07, 6.45) is 4.58. The number of rotatable bonds is 3. The molecule has 0 radical (unpaired) electrons. The Kier molecular flexibility index (Phi) is 4.63. The molecule has 0 unspecified atom stereocenters. The van der Waals surface area contributed by atoms with Gasteiger partial charge in [0.05, 0.1) is 45.4 Å². The van der Waals surface area contributed by atoms with Crippen molar-refractivity contribution >= 4 is 12.1 Å². The van der Waals surface area contributed by atoms with E-state index in [1.165, 1.54) is 24.2 Å². The summed E-state index contributed by atoms with van der Waals surface area (Å²) in [7, 11) is 0. The van der Waals surface area contributed by atoms with Crippen LogP contribution in [0.2, 0.25) is 0 Å². The maximum absolute atomic E-state index is 12.8. The van der Waals surface area contributed by atoms with Crippen LogP contribution in [-0.2, 0) is 19.0 Å². The Morgan fingerprint density at radius 2 is 2.10 bits per heavy atom. The summed E-state index contributed by atoms with van der Waals surface area (Å²) in [5.41, 5.74) is 0.111. The molecule has 162 valence electrons. The minimum Gasteiger partial charge on any atom is -0.462 e. The van der Waals surface area contributed by atoms with Crippen LogP contribution in [0.1, 0.15) is 46.5 Å². The number of carbonyl (C=O) groups excluding carboxylic acids is 2. The van der Waals surface area contributed by atoms with E-state index in [2.05, 4.69) is 13.8 Å². The highest BCUT2D eigenvalue weighted by Gasteiger charge is 2.78. The lowest BCUT2D eigenvalue weighted by Gasteiger charge is -2.48. The predicted molar refractivity (Wildman–Crippen MR) is 104 cm³/mol. The number of quaternary nitrogens is 1. The van der Waals surface area contributed by atoms with Crippen molar-refractivity contribution in [2.45, 2.75) is 64.3 Å². The number of nitrogens with one attached hydrogen (secondary N) is 1. The number of fused-ring (bicyclic) bond motifs is 2. The Hall–Kier alpha value is -1.34. The van der Waals surface area contributed by atoms with E-state index < -0.39 is 0 Å². The Morgan fingerprint density at radius 3 is 2.83 bits per heavy atom. The molecule has 5 aliphatic rings. The van der Waals surface area contributed by atoms with E-state index in [0.717, 1.165) is 26.1 Å². The molecule has 0 aromatic heterocycles. The molecule has 3 heterocycles. The van der Waals surface area contributed by atoms with Crippen LogP contribution in [-0.4, -0.2) is 74.1 Å². The normalized spacial score (nSPS) is 46.4. The van der Waals surface area contributed by atoms with E-state index in [1.54, 1.807) is 4.90 Å². The van der Waals surface area contributed by atoms with Crippen LogP contribution in [0.5, 0.6) is 0 Å². The third-order valence-electron chi connectivity index (χ3n) is 8.70. The lowest BCUT2D eigenvalue weighted by Crippen LogP contribution is -3.15. The van der Waals surface area contributed by atoms with Gasteiger partial charge in [0.25, 0.3) is 0 Å². The summed E-state index contributed by atoms with van der Waals surface area (Å²) in [6.45, 7) is 10.8. The van der Waals surface area contributed by atoms with Crippen LogP contribution in [0.15, 0.2) is 0 Å². The molecule has 0 bridgehead atoms. The van der Waals surface area contributed by atoms with Crippen molar-refractivity contribution in [3.63, 3.8) is 0 Å². The van der Waals surface area contributed by atoms with Crippen molar-refractivity contribution in [1.82, 2.24) is 4.90 Å². The van der Waals surface area contributed by atoms with Crippen LogP contribution in [0.25, 0.3) is 0 Å². The van der Waals surface area contributed by atoms with Crippen LogP contribution in [0.3, 0.4) is 0 Å². The Morgan fingerprint density at radius 1 is 1.34 bits per heavy atom. The van der Waals surface area contributed by atoms with E-state index in [9.17, 15) is 9.59 Å². The summed E-state index contributed by atoms with van der Waals surface area (Å²) < 4.78 is 17.6. The number of amides is 1. The van der Waals surface area contributed by atoms with Crippen molar-refractivity contribution < 1.29 is 28.7 Å². The van der Waals surface area contributed by atoms with E-state index >= 15 is 0 Å². The zero-order valence-electron chi connectivity index (χ0n) is 17.9. The Labute approximate surface area is 173 Å². The first-order valence-corrected chi connectivity index (χ1v) is 11.5. The molecule has 3 aliphatic heterocycles. The number of nitrogens with zero attached hydrogens (tertiary/aromatic N) is 1. The molecular weight excluding hydrogens is 372 g/mol. The van der Waals surface area contributed by atoms with Crippen LogP contribution < -0.4 is 4.90 Å². The van der Waals surface area contributed by atoms with Gasteiger partial charge >= 0.3 is 12.1 Å². The standard InChI is InChI=1S/C22H34N2O5/c1-4-27-20(26)24-10-8-23(9-11-24)13-15-17-16(28-19(15)25)12-21(3)7-5-6-14(2)22(21)18(17)29-22/h14-18H,4-13H2,1-3H3/p+1/t14-,15+,16+,17+,18-,21+,22-/m0/s1. The fourth-order valence-electron chi connectivity index (χ4n) is 7.20. The summed E-state index contributed by atoms with van der Waals surface area (Å²) in [4.78, 5) is 27.9. The molecule has 2 aliphatic carbocycles. The molecule has 7 heteroatoms. The van der Waals surface area contributed by atoms with Crippen molar-refractivity contribution in [2.75, 3.05) is 39.3 Å². The van der Waals surface area contributed by atoms with Crippen LogP contribution in [0.4, 0.5) is 4.79 Å². The van der Waals surface area contributed by atoms with Crippen LogP contribution >= 0.6 is 0 Å². The van der Waals surface area contributed by atoms with Gasteiger partial charge in [-0.05, 0) is 32.1 Å². The Balaban J connectivity index is 1.26. The van der Waals surface area contributed by atoms with E-state index in [0.29, 0.717) is 25.6 Å². The zero-order valence-corrected chi connectivity index (χ0v) is 17.9. The number of hydrogen-bond donors (Lipinski definition) is 1. The number of ether oxygens (including phenoxy) is 3. The second-order valence-electron chi connectivity index (χ2n) is 10.2. The minimum atomic E-state index is -0.224. The average Bonchev–Trinajstić information content (AvgIpc) is 3.37. The molecule has 0 aromatic carbocycles. The van der Waals surface area contributed by atoms with Crippen molar-refractivity contribution in [3.05, 3.63) is 0 Å². The SMILES string of the molecule is CCOC(=O)N1CC[NH+](C[C@H]2C(=O)O[C@@H]3C[C@@]4(C)CCC[C@H](C)[C@@]45O[C@H]5[C@@H]32)CC1. The first-order chi connectivity index (χ1) is 13.9. The molecule has 1 amide bonds. The third kappa shape index (κ3) is 2.83. The average molecular weight is 408 g/mol. The molecule has 1 spiro atoms. The summed E-state index contributed by atoms with van der Waals surface area (Å²) in [6, 6.07) is 0. The van der Waals surface area contributed by atoms with Gasteiger partial charge in [-0.2, -0.15) is 0 Å². The van der Waals surface area contributed by atoms with Gasteiger partial charge in [-0.25, -0.2) is 4.79 Å². The minimum absolute atomic E-state index is 0.0173. The van der Waals surface area contributed by atoms with Crippen molar-refractivity contribution in [1.29, 1.82) is 0 Å². The second kappa shape index (κ2) is 6.84. The smallest absolute Gasteiger partial charge is 0.410 e. The van der Waals surface area contributed by atoms with Gasteiger partial charge in [-0.3, -0.25) is 9.69 Å². The van der Waals surface area contributed by atoms with Gasteiger partial charge in [-0.1, -0.05) is 20.3 Å². The van der Waals surface area contributed by atoms with Gasteiger partial charge in [-0.15, -0.1) is 0 Å². The summed E-state index contributed by atoms with van der Waals surface area (Å²) in [5, 5.41) is 0. The quantitative estimate of drug-likeness (QED) is 0.555. The molecule has 7 nitrogen and oxygen atoms in total. The van der Waals surface area contributed by atoms with Gasteiger partial charge in [0.2, 0.25) is 0 Å². The highest BCUT2D eigenvalue weighted by Crippen LogP contribution is 2.70. The number of piperazine rings is 1. The highest BCUT2D eigenvalue weighted by atomic mass is 16.6. The molecule has 2 saturated carbocycles. The van der Waals surface area contributed by atoms with E-state index in [-0.39, 0.29) is 47.1 Å². The fourth-order valence-corrected chi connectivity index (χ4v) is 7.20. The lowest BCUT2D eigenvalue weighted by molar-refractivity contribution is -0.906. The second-order valence-corrected chi connectivity index (χ2v) is 10.2. The largest absolute Gasteiger partial charge is 0.462 e. The van der Waals surface area contributed by atoms with Crippen molar-refractivity contribution in [3.8, 4) is 0 Å². The molecule has 3 saturated heterocycles. The third-order valence-corrected chi connectivity index (χ3v) is 8.70. The van der Waals surface area contributed by atoms with Gasteiger partial charge in [0, 0.05) is 11.3 Å². The number of hydrogen-bond acceptors (Lipinski definition) is 5. The predicted octanol–water partition coefficient (Wildman–Crippen LogP) is 0.869. The number of esters is 1. The first kappa shape index (κ1) is 19.6. The topological polar surface area (TPSA) is 72.8 Å². The maximum atomic E-state index is 12.8. The van der Waals surface area contributed by atoms with Gasteiger partial charge < -0.3 is 19.1 Å². The van der Waals surface area contributed by atoms with Crippen LogP contribution in [0, 0.1) is 23.2 Å². The molecule has 7 atom stereocenters. The fraction of sp³-hybridized carbons (Fsp3) is 0.909. The summed E-state index contributed by atoms with van der Waals surface area (Å²) >= 11 is 0.